The fourth-order valence-corrected chi connectivity index (χ4v) is 4.08. The van der Waals surface area contributed by atoms with Gasteiger partial charge in [-0.1, -0.05) is 6.07 Å². The summed E-state index contributed by atoms with van der Waals surface area (Å²) in [6, 6.07) is 9.40. The van der Waals surface area contributed by atoms with Crippen LogP contribution in [0.4, 0.5) is 8.78 Å². The van der Waals surface area contributed by atoms with Crippen LogP contribution in [0.2, 0.25) is 0 Å². The van der Waals surface area contributed by atoms with Crippen molar-refractivity contribution in [2.24, 2.45) is 0 Å². The number of nitrogens with one attached hydrogen (secondary N) is 2. The second-order valence-electron chi connectivity index (χ2n) is 7.40. The van der Waals surface area contributed by atoms with Gasteiger partial charge in [-0.2, -0.15) is 0 Å². The van der Waals surface area contributed by atoms with Crippen LogP contribution in [0.15, 0.2) is 47.3 Å². The zero-order valence-corrected chi connectivity index (χ0v) is 16.0. The molecule has 6 nitrogen and oxygen atoms in total. The topological polar surface area (TPSA) is 78.2 Å². The normalized spacial score (nSPS) is 16.0. The van der Waals surface area contributed by atoms with Gasteiger partial charge in [-0.15, -0.1) is 0 Å². The molecule has 2 aromatic heterocycles. The van der Waals surface area contributed by atoms with Crippen LogP contribution in [0.1, 0.15) is 27.8 Å². The lowest BCUT2D eigenvalue weighted by atomic mass is 9.95. The highest BCUT2D eigenvalue weighted by Crippen LogP contribution is 2.33. The van der Waals surface area contributed by atoms with Crippen LogP contribution >= 0.6 is 0 Å². The van der Waals surface area contributed by atoms with Gasteiger partial charge < -0.3 is 19.6 Å². The fraction of sp³-hybridized carbons (Fsp3) is 0.182. The van der Waals surface area contributed by atoms with Crippen LogP contribution in [0.5, 0.6) is 0 Å². The molecule has 3 heterocycles. The number of carbonyl (C=O) groups excluding carboxylic acids is 1. The number of fused-ring (bicyclic) bond motifs is 4. The molecule has 0 unspecified atom stereocenters. The lowest BCUT2D eigenvalue weighted by Gasteiger charge is -2.33. The summed E-state index contributed by atoms with van der Waals surface area (Å²) in [7, 11) is 1.64. The Morgan fingerprint density at radius 2 is 1.83 bits per heavy atom. The Bertz CT molecular complexity index is 1380. The number of H-pyrrole nitrogens is 2. The highest BCUT2D eigenvalue weighted by atomic mass is 19.1. The number of carbonyl (C=O) groups is 1. The molecule has 1 atom stereocenters. The molecule has 0 saturated heterocycles. The van der Waals surface area contributed by atoms with Gasteiger partial charge in [-0.05, 0) is 41.8 Å². The van der Waals surface area contributed by atoms with Crippen LogP contribution < -0.4 is 5.56 Å². The van der Waals surface area contributed by atoms with Gasteiger partial charge in [0.2, 0.25) is 0 Å². The fourth-order valence-electron chi connectivity index (χ4n) is 4.08. The molecule has 0 fully saturated rings. The van der Waals surface area contributed by atoms with Crippen molar-refractivity contribution < 1.29 is 18.3 Å². The van der Waals surface area contributed by atoms with E-state index in [1.54, 1.807) is 25.2 Å². The Kier molecular flexibility index (Phi) is 4.18. The predicted molar refractivity (Wildman–Crippen MR) is 107 cm³/mol. The third kappa shape index (κ3) is 2.88. The summed E-state index contributed by atoms with van der Waals surface area (Å²) in [6.45, 7) is 0.421. The summed E-state index contributed by atoms with van der Waals surface area (Å²) in [6.07, 6.45) is 0. The van der Waals surface area contributed by atoms with E-state index in [1.807, 2.05) is 0 Å². The third-order valence-corrected chi connectivity index (χ3v) is 5.56. The molecule has 0 radical (unpaired) electrons. The molecule has 0 spiro atoms. The van der Waals surface area contributed by atoms with Crippen molar-refractivity contribution in [3.63, 3.8) is 0 Å². The SMILES string of the molecule is CN(C(=O)c1cc2cc(F)ccc2[nH]1)[C@@H]1COCc2[nH]c(=O)c3cc(F)ccc3c21. The molecule has 1 amide bonds. The minimum atomic E-state index is -0.508. The van der Waals surface area contributed by atoms with Crippen molar-refractivity contribution in [2.75, 3.05) is 13.7 Å². The minimum Gasteiger partial charge on any atom is -0.373 e. The van der Waals surface area contributed by atoms with Crippen LogP contribution in [-0.2, 0) is 11.3 Å². The number of rotatable bonds is 2. The lowest BCUT2D eigenvalue weighted by molar-refractivity contribution is 0.0333. The highest BCUT2D eigenvalue weighted by molar-refractivity contribution is 5.98. The largest absolute Gasteiger partial charge is 0.373 e. The number of aromatic nitrogens is 2. The Labute approximate surface area is 169 Å². The summed E-state index contributed by atoms with van der Waals surface area (Å²) in [5.41, 5.74) is 1.85. The van der Waals surface area contributed by atoms with E-state index in [0.29, 0.717) is 27.7 Å². The van der Waals surface area contributed by atoms with Gasteiger partial charge in [0.05, 0.1) is 24.6 Å². The van der Waals surface area contributed by atoms with Crippen LogP contribution in [0.3, 0.4) is 0 Å². The number of halogens is 2. The van der Waals surface area contributed by atoms with Crippen molar-refractivity contribution in [1.29, 1.82) is 0 Å². The van der Waals surface area contributed by atoms with Crippen LogP contribution in [0.25, 0.3) is 21.7 Å². The summed E-state index contributed by atoms with van der Waals surface area (Å²) in [4.78, 5) is 32.8. The Morgan fingerprint density at radius 1 is 1.07 bits per heavy atom. The molecule has 2 aromatic carbocycles. The number of amides is 1. The molecule has 152 valence electrons. The monoisotopic (exact) mass is 409 g/mol. The maximum Gasteiger partial charge on any atom is 0.270 e. The molecule has 5 rings (SSSR count). The van der Waals surface area contributed by atoms with Crippen molar-refractivity contribution in [3.05, 3.63) is 81.4 Å². The molecule has 1 aliphatic heterocycles. The van der Waals surface area contributed by atoms with E-state index in [2.05, 4.69) is 9.97 Å². The molecule has 4 aromatic rings. The maximum atomic E-state index is 13.7. The average Bonchev–Trinajstić information content (AvgIpc) is 3.15. The zero-order valence-electron chi connectivity index (χ0n) is 16.0. The first-order valence-corrected chi connectivity index (χ1v) is 9.40. The average molecular weight is 409 g/mol. The standard InChI is InChI=1S/C22H17F2N3O3/c1-27(22(29)17-7-11-6-12(23)3-5-16(11)25-17)19-10-30-9-18-20(19)14-4-2-13(24)8-15(14)21(28)26-18/h2-8,19,25H,9-10H2,1H3,(H,26,28)/t19-/m1/s1. The number of hydrogen-bond donors (Lipinski definition) is 2. The lowest BCUT2D eigenvalue weighted by Crippen LogP contribution is -2.37. The van der Waals surface area contributed by atoms with E-state index < -0.39 is 17.4 Å². The maximum absolute atomic E-state index is 13.7. The van der Waals surface area contributed by atoms with Crippen LogP contribution in [-0.4, -0.2) is 34.4 Å². The first-order chi connectivity index (χ1) is 14.4. The second kappa shape index (κ2) is 6.77. The zero-order chi connectivity index (χ0) is 21.0. The van der Waals surface area contributed by atoms with Crippen molar-refractivity contribution in [3.8, 4) is 0 Å². The molecular weight excluding hydrogens is 392 g/mol. The first kappa shape index (κ1) is 18.5. The number of ether oxygens (including phenoxy) is 1. The van der Waals surface area contributed by atoms with E-state index in [1.165, 1.54) is 29.2 Å². The predicted octanol–water partition coefficient (Wildman–Crippen LogP) is 3.63. The van der Waals surface area contributed by atoms with Crippen molar-refractivity contribution in [1.82, 2.24) is 14.9 Å². The molecule has 8 heteroatoms. The van der Waals surface area contributed by atoms with Crippen molar-refractivity contribution in [2.45, 2.75) is 12.6 Å². The van der Waals surface area contributed by atoms with E-state index >= 15 is 0 Å². The highest BCUT2D eigenvalue weighted by Gasteiger charge is 2.31. The van der Waals surface area contributed by atoms with Gasteiger partial charge in [-0.3, -0.25) is 9.59 Å². The van der Waals surface area contributed by atoms with Gasteiger partial charge in [0.25, 0.3) is 11.5 Å². The van der Waals surface area contributed by atoms with E-state index in [4.69, 9.17) is 4.74 Å². The minimum absolute atomic E-state index is 0.197. The number of pyridine rings is 1. The molecule has 1 aliphatic rings. The molecule has 0 bridgehead atoms. The summed E-state index contributed by atoms with van der Waals surface area (Å²) in [5, 5.41) is 1.40. The third-order valence-electron chi connectivity index (χ3n) is 5.56. The Balaban J connectivity index is 1.59. The second-order valence-corrected chi connectivity index (χ2v) is 7.40. The van der Waals surface area contributed by atoms with Gasteiger partial charge in [0.15, 0.2) is 0 Å². The van der Waals surface area contributed by atoms with Crippen LogP contribution in [0, 0.1) is 11.6 Å². The Morgan fingerprint density at radius 3 is 2.67 bits per heavy atom. The quantitative estimate of drug-likeness (QED) is 0.531. The molecule has 0 aliphatic carbocycles. The number of likely N-dealkylation sites (N-methyl/N-ethyl adjacent to an activating group) is 1. The molecule has 2 N–H and O–H groups in total. The summed E-state index contributed by atoms with van der Waals surface area (Å²) < 4.78 is 32.8. The molecule has 0 saturated carbocycles. The summed E-state index contributed by atoms with van der Waals surface area (Å²) >= 11 is 0. The molecular formula is C22H17F2N3O3. The number of hydrogen-bond acceptors (Lipinski definition) is 3. The van der Waals surface area contributed by atoms with Gasteiger partial charge in [0.1, 0.15) is 17.3 Å². The van der Waals surface area contributed by atoms with Gasteiger partial charge >= 0.3 is 0 Å². The number of benzene rings is 2. The number of aromatic amines is 2. The smallest absolute Gasteiger partial charge is 0.270 e. The van der Waals surface area contributed by atoms with Gasteiger partial charge in [0, 0.05) is 29.2 Å². The molecule has 30 heavy (non-hydrogen) atoms. The summed E-state index contributed by atoms with van der Waals surface area (Å²) in [5.74, 6) is -1.20. The Hall–Kier alpha value is -3.52. The number of nitrogens with zero attached hydrogens (tertiary/aromatic N) is 1. The first-order valence-electron chi connectivity index (χ1n) is 9.40. The van der Waals surface area contributed by atoms with Gasteiger partial charge in [-0.25, -0.2) is 8.78 Å². The van der Waals surface area contributed by atoms with Crippen molar-refractivity contribution >= 4 is 27.6 Å². The van der Waals surface area contributed by atoms with E-state index in [-0.39, 0.29) is 30.3 Å². The van der Waals surface area contributed by atoms with E-state index in [9.17, 15) is 18.4 Å². The van der Waals surface area contributed by atoms with E-state index in [0.717, 1.165) is 5.56 Å².